The normalized spacial score (nSPS) is 39.3. The topological polar surface area (TPSA) is 41.1 Å². The minimum absolute atomic E-state index is 0. The highest BCUT2D eigenvalue weighted by Gasteiger charge is 2.48. The van der Waals surface area contributed by atoms with Crippen LogP contribution in [0.2, 0.25) is 0 Å². The van der Waals surface area contributed by atoms with Gasteiger partial charge in [-0.3, -0.25) is 4.79 Å². The summed E-state index contributed by atoms with van der Waals surface area (Å²) in [5.41, 5.74) is 0. The highest BCUT2D eigenvalue weighted by molar-refractivity contribution is 5.85. The molecule has 4 heteroatoms. The minimum atomic E-state index is 0. The molecule has 0 unspecified atom stereocenters. The van der Waals surface area contributed by atoms with E-state index in [0.29, 0.717) is 12.1 Å². The van der Waals surface area contributed by atoms with Crippen LogP contribution in [0, 0.1) is 5.92 Å². The van der Waals surface area contributed by atoms with Crippen LogP contribution in [0.1, 0.15) is 32.1 Å². The van der Waals surface area contributed by atoms with E-state index in [1.165, 1.54) is 25.7 Å². The van der Waals surface area contributed by atoms with Gasteiger partial charge in [0, 0.05) is 12.1 Å². The van der Waals surface area contributed by atoms with E-state index in [-0.39, 0.29) is 24.4 Å². The van der Waals surface area contributed by atoms with Crippen molar-refractivity contribution in [2.24, 2.45) is 5.92 Å². The largest absolute Gasteiger partial charge is 0.352 e. The molecule has 0 aromatic carbocycles. The first-order chi connectivity index (χ1) is 6.33. The van der Waals surface area contributed by atoms with Gasteiger partial charge in [-0.1, -0.05) is 0 Å². The molecule has 1 heterocycles. The molecule has 2 aliphatic carbocycles. The van der Waals surface area contributed by atoms with Crippen molar-refractivity contribution in [3.8, 4) is 0 Å². The van der Waals surface area contributed by atoms with Gasteiger partial charge in [0.05, 0.1) is 6.04 Å². The summed E-state index contributed by atoms with van der Waals surface area (Å²) in [5, 5.41) is 6.47. The minimum Gasteiger partial charge on any atom is -0.352 e. The molecule has 1 aliphatic heterocycles. The molecule has 0 aromatic heterocycles. The van der Waals surface area contributed by atoms with Gasteiger partial charge in [0.15, 0.2) is 0 Å². The Morgan fingerprint density at radius 3 is 2.57 bits per heavy atom. The summed E-state index contributed by atoms with van der Waals surface area (Å²) in [7, 11) is 0. The third-order valence-corrected chi connectivity index (χ3v) is 3.64. The summed E-state index contributed by atoms with van der Waals surface area (Å²) in [6.45, 7) is 0. The lowest BCUT2D eigenvalue weighted by molar-refractivity contribution is -0.124. The summed E-state index contributed by atoms with van der Waals surface area (Å²) in [6, 6.07) is 1.30. The second-order valence-corrected chi connectivity index (χ2v) is 4.69. The van der Waals surface area contributed by atoms with Gasteiger partial charge < -0.3 is 10.6 Å². The van der Waals surface area contributed by atoms with Crippen molar-refractivity contribution in [2.45, 2.75) is 50.2 Å². The van der Waals surface area contributed by atoms with Crippen molar-refractivity contribution in [3.63, 3.8) is 0 Å². The molecule has 0 bridgehead atoms. The molecular formula is C10H17ClN2O. The zero-order chi connectivity index (χ0) is 8.84. The Morgan fingerprint density at radius 2 is 2.07 bits per heavy atom. The average Bonchev–Trinajstić information content (AvgIpc) is 2.66. The van der Waals surface area contributed by atoms with Crippen LogP contribution in [-0.2, 0) is 4.79 Å². The molecule has 80 valence electrons. The first-order valence-electron chi connectivity index (χ1n) is 5.39. The van der Waals surface area contributed by atoms with Crippen molar-refractivity contribution in [2.75, 3.05) is 0 Å². The van der Waals surface area contributed by atoms with Gasteiger partial charge >= 0.3 is 0 Å². The van der Waals surface area contributed by atoms with Crippen LogP contribution in [0.15, 0.2) is 0 Å². The predicted octanol–water partition coefficient (Wildman–Crippen LogP) is 0.827. The summed E-state index contributed by atoms with van der Waals surface area (Å²) in [4.78, 5) is 11.6. The molecule has 3 nitrogen and oxygen atoms in total. The van der Waals surface area contributed by atoms with Crippen LogP contribution in [0.3, 0.4) is 0 Å². The fourth-order valence-electron chi connectivity index (χ4n) is 2.38. The van der Waals surface area contributed by atoms with E-state index in [0.717, 1.165) is 12.3 Å². The second-order valence-electron chi connectivity index (χ2n) is 4.69. The zero-order valence-corrected chi connectivity index (χ0v) is 8.98. The van der Waals surface area contributed by atoms with Crippen molar-refractivity contribution in [1.82, 2.24) is 10.6 Å². The van der Waals surface area contributed by atoms with Crippen LogP contribution in [-0.4, -0.2) is 24.0 Å². The maximum Gasteiger partial charge on any atom is 0.237 e. The van der Waals surface area contributed by atoms with Crippen molar-refractivity contribution >= 4 is 18.3 Å². The zero-order valence-electron chi connectivity index (χ0n) is 8.16. The molecule has 0 spiro atoms. The van der Waals surface area contributed by atoms with Gasteiger partial charge in [-0.15, -0.1) is 12.4 Å². The van der Waals surface area contributed by atoms with Crippen LogP contribution < -0.4 is 10.6 Å². The molecule has 2 saturated carbocycles. The van der Waals surface area contributed by atoms with Crippen LogP contribution in [0.4, 0.5) is 0 Å². The number of carbonyl (C=O) groups excluding carboxylic acids is 1. The van der Waals surface area contributed by atoms with E-state index in [1.807, 2.05) is 0 Å². The molecule has 1 saturated heterocycles. The number of hydrogen-bond donors (Lipinski definition) is 2. The molecule has 3 fully saturated rings. The number of piperidine rings is 1. The molecule has 3 rings (SSSR count). The van der Waals surface area contributed by atoms with Crippen LogP contribution in [0.25, 0.3) is 0 Å². The number of hydrogen-bond acceptors (Lipinski definition) is 2. The SMILES string of the molecule is Cl.O=C(NC1CCC1)[C@@H]1C[C@@H]2C[C@@H]2N1. The molecule has 14 heavy (non-hydrogen) atoms. The lowest BCUT2D eigenvalue weighted by Crippen LogP contribution is -2.48. The lowest BCUT2D eigenvalue weighted by atomic mass is 9.93. The molecule has 1 amide bonds. The van der Waals surface area contributed by atoms with E-state index in [9.17, 15) is 4.79 Å². The molecule has 0 radical (unpaired) electrons. The fourth-order valence-corrected chi connectivity index (χ4v) is 2.38. The summed E-state index contributed by atoms with van der Waals surface area (Å²) >= 11 is 0. The van der Waals surface area contributed by atoms with E-state index in [1.54, 1.807) is 0 Å². The van der Waals surface area contributed by atoms with Crippen molar-refractivity contribution < 1.29 is 4.79 Å². The van der Waals surface area contributed by atoms with E-state index < -0.39 is 0 Å². The Labute approximate surface area is 90.4 Å². The standard InChI is InChI=1S/C10H16N2O.ClH/c13-10(11-7-2-1-3-7)9-5-6-4-8(6)12-9;/h6-9,12H,1-5H2,(H,11,13);1H/t6-,8-,9-;/m0./s1. The first kappa shape index (κ1) is 10.2. The third kappa shape index (κ3) is 1.75. The monoisotopic (exact) mass is 216 g/mol. The Kier molecular flexibility index (Phi) is 2.71. The fraction of sp³-hybridized carbons (Fsp3) is 0.900. The Balaban J connectivity index is 0.000000750. The summed E-state index contributed by atoms with van der Waals surface area (Å²) < 4.78 is 0. The van der Waals surface area contributed by atoms with Crippen LogP contribution in [0.5, 0.6) is 0 Å². The third-order valence-electron chi connectivity index (χ3n) is 3.64. The maximum absolute atomic E-state index is 11.6. The highest BCUT2D eigenvalue weighted by atomic mass is 35.5. The second kappa shape index (κ2) is 3.70. The van der Waals surface area contributed by atoms with Gasteiger partial charge in [-0.2, -0.15) is 0 Å². The number of fused-ring (bicyclic) bond motifs is 1. The van der Waals surface area contributed by atoms with Crippen LogP contribution >= 0.6 is 12.4 Å². The lowest BCUT2D eigenvalue weighted by Gasteiger charge is -2.28. The van der Waals surface area contributed by atoms with Crippen molar-refractivity contribution in [3.05, 3.63) is 0 Å². The molecule has 3 aliphatic rings. The molecule has 3 atom stereocenters. The van der Waals surface area contributed by atoms with E-state index in [2.05, 4.69) is 10.6 Å². The average molecular weight is 217 g/mol. The molecule has 0 aromatic rings. The maximum atomic E-state index is 11.6. The summed E-state index contributed by atoms with van der Waals surface area (Å²) in [6.07, 6.45) is 6.03. The quantitative estimate of drug-likeness (QED) is 0.718. The molecular weight excluding hydrogens is 200 g/mol. The van der Waals surface area contributed by atoms with Gasteiger partial charge in [0.1, 0.15) is 0 Å². The smallest absolute Gasteiger partial charge is 0.237 e. The number of amides is 1. The van der Waals surface area contributed by atoms with Gasteiger partial charge in [0.2, 0.25) is 5.91 Å². The van der Waals surface area contributed by atoms with Gasteiger partial charge in [0.25, 0.3) is 0 Å². The highest BCUT2D eigenvalue weighted by Crippen LogP contribution is 2.40. The first-order valence-corrected chi connectivity index (χ1v) is 5.39. The van der Waals surface area contributed by atoms with Gasteiger partial charge in [-0.25, -0.2) is 0 Å². The predicted molar refractivity (Wildman–Crippen MR) is 56.5 cm³/mol. The van der Waals surface area contributed by atoms with E-state index >= 15 is 0 Å². The Morgan fingerprint density at radius 1 is 1.29 bits per heavy atom. The number of carbonyl (C=O) groups is 1. The number of rotatable bonds is 2. The molecule has 2 N–H and O–H groups in total. The number of halogens is 1. The van der Waals surface area contributed by atoms with E-state index in [4.69, 9.17) is 0 Å². The Hall–Kier alpha value is -0.280. The van der Waals surface area contributed by atoms with Crippen molar-refractivity contribution in [1.29, 1.82) is 0 Å². The summed E-state index contributed by atoms with van der Waals surface area (Å²) in [5.74, 6) is 1.06. The number of nitrogens with one attached hydrogen (secondary N) is 2. The van der Waals surface area contributed by atoms with Gasteiger partial charge in [-0.05, 0) is 38.0 Å². The Bertz CT molecular complexity index is 232.